The average molecular weight is 1550 g/mol. The lowest BCUT2D eigenvalue weighted by Gasteiger charge is -2.21. The van der Waals surface area contributed by atoms with E-state index in [9.17, 15) is 43.2 Å². The molecule has 630 valence electrons. The van der Waals surface area contributed by atoms with E-state index in [0.717, 1.165) is 108 Å². The maximum atomic E-state index is 13.2. The predicted molar refractivity (Wildman–Crippen MR) is 437 cm³/mol. The zero-order chi connectivity index (χ0) is 77.9. The number of rotatable bonds is 85. The van der Waals surface area contributed by atoms with Gasteiger partial charge in [-0.05, 0) is 43.4 Å². The minimum absolute atomic E-state index is 0.106. The van der Waals surface area contributed by atoms with E-state index in [4.69, 9.17) is 37.0 Å². The van der Waals surface area contributed by atoms with Gasteiger partial charge in [0.2, 0.25) is 0 Å². The lowest BCUT2D eigenvalue weighted by Crippen LogP contribution is -2.30. The SMILES string of the molecule is CCCCCCCCCCCCCCCCCCCCCCCCC(=O)O[C@H](COC(=O)CCCCCCCCCCCCCCCCC(C)CC)COP(=O)(O)OC[C@@H](O)COP(=O)(O)OC[C@@H](COC(=O)CCCCCCCCCCCC(C)C)OC(=O)CCCCCCCCCCCCCC(C)C. The molecule has 0 amide bonds. The Balaban J connectivity index is 5.24. The van der Waals surface area contributed by atoms with E-state index in [1.165, 1.54) is 270 Å². The number of esters is 4. The molecule has 0 aromatic heterocycles. The van der Waals surface area contributed by atoms with Crippen LogP contribution in [0.4, 0.5) is 0 Å². The maximum Gasteiger partial charge on any atom is 0.472 e. The summed E-state index contributed by atoms with van der Waals surface area (Å²) in [5.74, 6) is 0.254. The number of unbranched alkanes of at least 4 members (excludes halogenated alkanes) is 52. The highest BCUT2D eigenvalue weighted by Crippen LogP contribution is 2.45. The van der Waals surface area contributed by atoms with Crippen molar-refractivity contribution < 1.29 is 80.2 Å². The van der Waals surface area contributed by atoms with Crippen molar-refractivity contribution in [3.63, 3.8) is 0 Å². The fraction of sp³-hybridized carbons (Fsp3) is 0.954. The molecule has 0 saturated heterocycles. The topological polar surface area (TPSA) is 237 Å². The van der Waals surface area contributed by atoms with Crippen LogP contribution in [0.3, 0.4) is 0 Å². The fourth-order valence-corrected chi connectivity index (χ4v) is 15.1. The quantitative estimate of drug-likeness (QED) is 0.0222. The summed E-state index contributed by atoms with van der Waals surface area (Å²) in [6.07, 6.45) is 68.1. The Morgan fingerprint density at radius 1 is 0.274 bits per heavy atom. The fourth-order valence-electron chi connectivity index (χ4n) is 13.5. The van der Waals surface area contributed by atoms with Gasteiger partial charge < -0.3 is 33.8 Å². The predicted octanol–water partition coefficient (Wildman–Crippen LogP) is 26.5. The van der Waals surface area contributed by atoms with Crippen LogP contribution in [-0.4, -0.2) is 96.7 Å². The van der Waals surface area contributed by atoms with Crippen LogP contribution in [0.15, 0.2) is 0 Å². The number of carbonyl (C=O) groups excluding carboxylic acids is 4. The van der Waals surface area contributed by atoms with Gasteiger partial charge in [0.05, 0.1) is 26.4 Å². The van der Waals surface area contributed by atoms with Crippen LogP contribution in [0.5, 0.6) is 0 Å². The molecular formula is C87H170O17P2. The van der Waals surface area contributed by atoms with Crippen LogP contribution in [0.25, 0.3) is 0 Å². The highest BCUT2D eigenvalue weighted by atomic mass is 31.2. The van der Waals surface area contributed by atoms with Gasteiger partial charge in [0.15, 0.2) is 12.2 Å². The Morgan fingerprint density at radius 3 is 0.717 bits per heavy atom. The highest BCUT2D eigenvalue weighted by Gasteiger charge is 2.31. The van der Waals surface area contributed by atoms with Crippen LogP contribution >= 0.6 is 15.6 Å². The second-order valence-electron chi connectivity index (χ2n) is 32.5. The third-order valence-corrected chi connectivity index (χ3v) is 22.6. The van der Waals surface area contributed by atoms with Crippen LogP contribution in [0.1, 0.15) is 459 Å². The summed E-state index contributed by atoms with van der Waals surface area (Å²) >= 11 is 0. The first-order chi connectivity index (χ1) is 51.3. The van der Waals surface area contributed by atoms with E-state index in [2.05, 4.69) is 48.5 Å². The molecule has 0 heterocycles. The zero-order valence-electron chi connectivity index (χ0n) is 69.9. The first-order valence-electron chi connectivity index (χ1n) is 44.9. The van der Waals surface area contributed by atoms with E-state index in [1.807, 2.05) is 0 Å². The molecule has 0 rings (SSSR count). The number of aliphatic hydroxyl groups excluding tert-OH is 1. The molecule has 3 N–H and O–H groups in total. The third kappa shape index (κ3) is 78.7. The van der Waals surface area contributed by atoms with Crippen molar-refractivity contribution in [2.24, 2.45) is 17.8 Å². The van der Waals surface area contributed by atoms with Gasteiger partial charge in [-0.1, -0.05) is 408 Å². The largest absolute Gasteiger partial charge is 0.472 e. The first kappa shape index (κ1) is 104. The van der Waals surface area contributed by atoms with Crippen molar-refractivity contribution in [3.05, 3.63) is 0 Å². The van der Waals surface area contributed by atoms with Crippen molar-refractivity contribution in [2.75, 3.05) is 39.6 Å². The molecule has 0 aromatic carbocycles. The second-order valence-corrected chi connectivity index (χ2v) is 35.4. The van der Waals surface area contributed by atoms with Crippen LogP contribution < -0.4 is 0 Å². The molecule has 0 aliphatic heterocycles. The number of phosphoric ester groups is 2. The molecule has 3 unspecified atom stereocenters. The molecule has 0 spiro atoms. The first-order valence-corrected chi connectivity index (χ1v) is 47.9. The molecular weight excluding hydrogens is 1380 g/mol. The van der Waals surface area contributed by atoms with E-state index >= 15 is 0 Å². The molecule has 0 fully saturated rings. The van der Waals surface area contributed by atoms with Gasteiger partial charge in [0.1, 0.15) is 19.3 Å². The minimum atomic E-state index is -4.97. The standard InChI is InChI=1S/C87H170O17P2/c1-8-10-11-12-13-14-15-16-17-18-19-20-21-22-23-24-29-34-41-49-56-63-70-86(91)103-82(74-97-84(89)68-61-54-47-40-33-28-26-25-27-32-39-46-53-60-67-80(7)9-2)76-101-105(93,94)99-72-81(88)73-100-106(95,96)102-77-83(75-98-85(90)69-62-55-48-43-36-38-45-52-59-66-79(5)6)104-87(92)71-64-57-50-42-35-30-31-37-44-51-58-65-78(3)4/h78-83,88H,8-77H2,1-7H3,(H,93,94)(H,95,96)/t80?,81-,82-,83-/m1/s1. The summed E-state index contributed by atoms with van der Waals surface area (Å²) in [7, 11) is -9.93. The number of hydrogen-bond donors (Lipinski definition) is 3. The van der Waals surface area contributed by atoms with Crippen molar-refractivity contribution >= 4 is 39.5 Å². The smallest absolute Gasteiger partial charge is 0.462 e. The van der Waals surface area contributed by atoms with E-state index in [0.29, 0.717) is 25.7 Å². The molecule has 6 atom stereocenters. The van der Waals surface area contributed by atoms with Crippen molar-refractivity contribution in [3.8, 4) is 0 Å². The molecule has 0 radical (unpaired) electrons. The number of phosphoric acid groups is 2. The van der Waals surface area contributed by atoms with Gasteiger partial charge in [-0.3, -0.25) is 37.3 Å². The lowest BCUT2D eigenvalue weighted by molar-refractivity contribution is -0.161. The number of carbonyl (C=O) groups is 4. The third-order valence-electron chi connectivity index (χ3n) is 20.7. The van der Waals surface area contributed by atoms with E-state index in [-0.39, 0.29) is 25.7 Å². The molecule has 0 bridgehead atoms. The summed E-state index contributed by atoms with van der Waals surface area (Å²) in [6.45, 7) is 12.0. The zero-order valence-corrected chi connectivity index (χ0v) is 71.7. The molecule has 0 aliphatic carbocycles. The van der Waals surface area contributed by atoms with Crippen molar-refractivity contribution in [2.45, 2.75) is 478 Å². The highest BCUT2D eigenvalue weighted by molar-refractivity contribution is 7.47. The molecule has 17 nitrogen and oxygen atoms in total. The van der Waals surface area contributed by atoms with Crippen molar-refractivity contribution in [1.82, 2.24) is 0 Å². The van der Waals surface area contributed by atoms with Crippen LogP contribution in [0.2, 0.25) is 0 Å². The van der Waals surface area contributed by atoms with Gasteiger partial charge in [0.25, 0.3) is 0 Å². The molecule has 0 saturated carbocycles. The molecule has 106 heavy (non-hydrogen) atoms. The Kier molecular flexibility index (Phi) is 75.6. The minimum Gasteiger partial charge on any atom is -0.462 e. The molecule has 0 aliphatic rings. The summed E-state index contributed by atoms with van der Waals surface area (Å²) < 4.78 is 68.9. The van der Waals surface area contributed by atoms with Gasteiger partial charge >= 0.3 is 39.5 Å². The molecule has 0 aromatic rings. The Labute approximate surface area is 651 Å². The van der Waals surface area contributed by atoms with Gasteiger partial charge in [-0.25, -0.2) is 9.13 Å². The average Bonchev–Trinajstić information content (AvgIpc) is 0.900. The lowest BCUT2D eigenvalue weighted by atomic mass is 9.99. The summed E-state index contributed by atoms with van der Waals surface area (Å²) in [6, 6.07) is 0. The van der Waals surface area contributed by atoms with Gasteiger partial charge in [-0.2, -0.15) is 0 Å². The Hall–Kier alpha value is -1.94. The summed E-state index contributed by atoms with van der Waals surface area (Å²) in [4.78, 5) is 73.3. The van der Waals surface area contributed by atoms with Crippen LogP contribution in [-0.2, 0) is 65.4 Å². The number of hydrogen-bond acceptors (Lipinski definition) is 15. The normalized spacial score (nSPS) is 14.1. The maximum absolute atomic E-state index is 13.2. The number of ether oxygens (including phenoxy) is 4. The Morgan fingerprint density at radius 2 is 0.481 bits per heavy atom. The van der Waals surface area contributed by atoms with Crippen LogP contribution in [0, 0.1) is 17.8 Å². The Bertz CT molecular complexity index is 2050. The second kappa shape index (κ2) is 77.0. The number of aliphatic hydroxyl groups is 1. The monoisotopic (exact) mass is 1550 g/mol. The summed E-state index contributed by atoms with van der Waals surface area (Å²) in [5, 5.41) is 10.7. The van der Waals surface area contributed by atoms with E-state index in [1.54, 1.807) is 0 Å². The van der Waals surface area contributed by atoms with Crippen molar-refractivity contribution in [1.29, 1.82) is 0 Å². The van der Waals surface area contributed by atoms with Gasteiger partial charge in [0, 0.05) is 25.7 Å². The van der Waals surface area contributed by atoms with E-state index < -0.39 is 97.5 Å². The molecule has 19 heteroatoms. The van der Waals surface area contributed by atoms with Gasteiger partial charge in [-0.15, -0.1) is 0 Å². The summed E-state index contributed by atoms with van der Waals surface area (Å²) in [5.41, 5.74) is 0.